The fourth-order valence-electron chi connectivity index (χ4n) is 4.76. The van der Waals surface area contributed by atoms with Crippen molar-refractivity contribution in [3.8, 4) is 11.3 Å². The van der Waals surface area contributed by atoms with Crippen molar-refractivity contribution in [2.24, 2.45) is 17.6 Å². The Hall–Kier alpha value is -2.50. The van der Waals surface area contributed by atoms with Crippen LogP contribution in [0, 0.1) is 17.7 Å². The van der Waals surface area contributed by atoms with E-state index in [1.807, 2.05) is 35.2 Å². The van der Waals surface area contributed by atoms with Gasteiger partial charge in [-0.15, -0.1) is 12.4 Å². The number of pyridine rings is 1. The Balaban J connectivity index is 0.00000205. The van der Waals surface area contributed by atoms with Gasteiger partial charge >= 0.3 is 0 Å². The zero-order valence-electron chi connectivity index (χ0n) is 15.9. The highest BCUT2D eigenvalue weighted by Gasteiger charge is 2.42. The number of rotatable bonds is 2. The number of para-hydroxylation sites is 1. The first-order valence-corrected chi connectivity index (χ1v) is 9.81. The summed E-state index contributed by atoms with van der Waals surface area (Å²) in [6, 6.07) is 15.9. The molecule has 1 saturated carbocycles. The van der Waals surface area contributed by atoms with E-state index in [4.69, 9.17) is 10.7 Å². The molecule has 3 atom stereocenters. The van der Waals surface area contributed by atoms with Crippen LogP contribution >= 0.6 is 12.4 Å². The van der Waals surface area contributed by atoms with Crippen LogP contribution in [0.25, 0.3) is 22.2 Å². The van der Waals surface area contributed by atoms with Crippen molar-refractivity contribution < 1.29 is 9.18 Å². The van der Waals surface area contributed by atoms with E-state index >= 15 is 0 Å². The molecule has 2 heterocycles. The summed E-state index contributed by atoms with van der Waals surface area (Å²) in [5.74, 6) is 0.668. The molecule has 2 aromatic carbocycles. The van der Waals surface area contributed by atoms with Gasteiger partial charge < -0.3 is 10.6 Å². The Morgan fingerprint density at radius 1 is 1.07 bits per heavy atom. The summed E-state index contributed by atoms with van der Waals surface area (Å²) < 4.78 is 13.3. The lowest BCUT2D eigenvalue weighted by Crippen LogP contribution is -2.33. The molecule has 3 aromatic rings. The highest BCUT2D eigenvalue weighted by atomic mass is 35.5. The summed E-state index contributed by atoms with van der Waals surface area (Å²) in [4.78, 5) is 20.1. The molecule has 3 unspecified atom stereocenters. The first-order chi connectivity index (χ1) is 13.6. The molecule has 4 nitrogen and oxygen atoms in total. The van der Waals surface area contributed by atoms with E-state index in [2.05, 4.69) is 0 Å². The lowest BCUT2D eigenvalue weighted by molar-refractivity contribution is 0.0781. The fourth-order valence-corrected chi connectivity index (χ4v) is 4.76. The minimum Gasteiger partial charge on any atom is -0.338 e. The highest BCUT2D eigenvalue weighted by molar-refractivity contribution is 6.07. The maximum atomic E-state index is 13.4. The number of benzene rings is 2. The van der Waals surface area contributed by atoms with E-state index in [1.54, 1.807) is 12.1 Å². The number of likely N-dealkylation sites (tertiary alicyclic amines) is 1. The molecule has 1 aliphatic heterocycles. The third-order valence-electron chi connectivity index (χ3n) is 6.29. The van der Waals surface area contributed by atoms with Gasteiger partial charge in [0.05, 0.1) is 16.8 Å². The van der Waals surface area contributed by atoms with Crippen LogP contribution in [0.4, 0.5) is 4.39 Å². The lowest BCUT2D eigenvalue weighted by Gasteiger charge is -2.20. The number of nitrogens with zero attached hydrogens (tertiary/aromatic N) is 2. The average Bonchev–Trinajstić information content (AvgIpc) is 3.29. The van der Waals surface area contributed by atoms with Crippen molar-refractivity contribution >= 4 is 29.2 Å². The third kappa shape index (κ3) is 3.49. The molecule has 1 aliphatic carbocycles. The average molecular weight is 412 g/mol. The first kappa shape index (κ1) is 19.8. The molecule has 29 heavy (non-hydrogen) atoms. The lowest BCUT2D eigenvalue weighted by atomic mass is 9.98. The van der Waals surface area contributed by atoms with Crippen molar-refractivity contribution in [1.82, 2.24) is 9.88 Å². The van der Waals surface area contributed by atoms with Crippen LogP contribution in [0.2, 0.25) is 0 Å². The molecule has 1 aromatic heterocycles. The zero-order valence-corrected chi connectivity index (χ0v) is 16.7. The van der Waals surface area contributed by atoms with E-state index in [0.717, 1.165) is 42.4 Å². The Morgan fingerprint density at radius 2 is 1.83 bits per heavy atom. The van der Waals surface area contributed by atoms with Crippen molar-refractivity contribution in [2.45, 2.75) is 18.9 Å². The highest BCUT2D eigenvalue weighted by Crippen LogP contribution is 2.38. The van der Waals surface area contributed by atoms with E-state index in [9.17, 15) is 9.18 Å². The number of hydrogen-bond donors (Lipinski definition) is 1. The number of aromatic nitrogens is 1. The molecule has 6 heteroatoms. The quantitative estimate of drug-likeness (QED) is 0.685. The summed E-state index contributed by atoms with van der Waals surface area (Å²) in [6.07, 6.45) is 2.16. The Kier molecular flexibility index (Phi) is 5.28. The molecule has 2 aliphatic rings. The van der Waals surface area contributed by atoms with Gasteiger partial charge in [0.2, 0.25) is 0 Å². The summed E-state index contributed by atoms with van der Waals surface area (Å²) in [7, 11) is 0. The van der Waals surface area contributed by atoms with E-state index < -0.39 is 0 Å². The van der Waals surface area contributed by atoms with Crippen LogP contribution < -0.4 is 5.73 Å². The second kappa shape index (κ2) is 7.73. The number of fused-ring (bicyclic) bond motifs is 2. The predicted octanol–water partition coefficient (Wildman–Crippen LogP) is 4.27. The maximum absolute atomic E-state index is 13.4. The zero-order chi connectivity index (χ0) is 19.3. The second-order valence-electron chi connectivity index (χ2n) is 7.95. The van der Waals surface area contributed by atoms with Crippen LogP contribution in [0.1, 0.15) is 23.2 Å². The van der Waals surface area contributed by atoms with Gasteiger partial charge in [-0.25, -0.2) is 9.37 Å². The van der Waals surface area contributed by atoms with Crippen molar-refractivity contribution in [3.05, 3.63) is 66.0 Å². The van der Waals surface area contributed by atoms with Gasteiger partial charge in [-0.3, -0.25) is 4.79 Å². The van der Waals surface area contributed by atoms with E-state index in [1.165, 1.54) is 12.1 Å². The molecule has 0 spiro atoms. The molecule has 5 rings (SSSR count). The Bertz CT molecular complexity index is 1060. The van der Waals surface area contributed by atoms with Crippen LogP contribution in [0.3, 0.4) is 0 Å². The summed E-state index contributed by atoms with van der Waals surface area (Å²) in [5, 5.41) is 0.847. The number of nitrogens with two attached hydrogens (primary N) is 1. The third-order valence-corrected chi connectivity index (χ3v) is 6.29. The summed E-state index contributed by atoms with van der Waals surface area (Å²) in [5.41, 5.74) is 9.14. The Morgan fingerprint density at radius 3 is 2.59 bits per heavy atom. The van der Waals surface area contributed by atoms with E-state index in [-0.39, 0.29) is 30.2 Å². The monoisotopic (exact) mass is 411 g/mol. The predicted molar refractivity (Wildman–Crippen MR) is 114 cm³/mol. The van der Waals surface area contributed by atoms with Crippen LogP contribution in [-0.4, -0.2) is 34.9 Å². The SMILES string of the molecule is Cl.NC1CCC2CN(C(=O)c3cc(-c4ccc(F)cc4)nc4ccccc34)CC12. The smallest absolute Gasteiger partial charge is 0.254 e. The molecule has 0 bridgehead atoms. The van der Waals surface area contributed by atoms with E-state index in [0.29, 0.717) is 23.1 Å². The minimum absolute atomic E-state index is 0. The molecule has 2 fully saturated rings. The molecular formula is C23H23ClFN3O. The molecule has 150 valence electrons. The normalized spacial score (nSPS) is 23.1. The molecule has 1 amide bonds. The van der Waals surface area contributed by atoms with Crippen LogP contribution in [0.15, 0.2) is 54.6 Å². The van der Waals surface area contributed by atoms with Gasteiger partial charge in [0.1, 0.15) is 5.82 Å². The van der Waals surface area contributed by atoms with Crippen LogP contribution in [0.5, 0.6) is 0 Å². The van der Waals surface area contributed by atoms with Gasteiger partial charge in [-0.05, 0) is 61.1 Å². The topological polar surface area (TPSA) is 59.2 Å². The van der Waals surface area contributed by atoms with Crippen molar-refractivity contribution in [2.75, 3.05) is 13.1 Å². The number of carbonyl (C=O) groups excluding carboxylic acids is 1. The number of hydrogen-bond acceptors (Lipinski definition) is 3. The molecular weight excluding hydrogens is 389 g/mol. The first-order valence-electron chi connectivity index (χ1n) is 9.81. The number of carbonyl (C=O) groups is 1. The van der Waals surface area contributed by atoms with Crippen LogP contribution in [-0.2, 0) is 0 Å². The van der Waals surface area contributed by atoms with Crippen molar-refractivity contribution in [1.29, 1.82) is 0 Å². The van der Waals surface area contributed by atoms with Crippen molar-refractivity contribution in [3.63, 3.8) is 0 Å². The summed E-state index contributed by atoms with van der Waals surface area (Å²) >= 11 is 0. The second-order valence-corrected chi connectivity index (χ2v) is 7.95. The minimum atomic E-state index is -0.291. The molecule has 2 N–H and O–H groups in total. The van der Waals surface area contributed by atoms with Gasteiger partial charge in [0, 0.05) is 30.1 Å². The number of amides is 1. The fraction of sp³-hybridized carbons (Fsp3) is 0.304. The summed E-state index contributed by atoms with van der Waals surface area (Å²) in [6.45, 7) is 1.51. The number of halogens is 2. The van der Waals surface area contributed by atoms with Gasteiger partial charge in [-0.1, -0.05) is 18.2 Å². The van der Waals surface area contributed by atoms with Gasteiger partial charge in [-0.2, -0.15) is 0 Å². The maximum Gasteiger partial charge on any atom is 0.254 e. The largest absolute Gasteiger partial charge is 0.338 e. The molecule has 1 saturated heterocycles. The van der Waals surface area contributed by atoms with Gasteiger partial charge in [0.15, 0.2) is 0 Å². The van der Waals surface area contributed by atoms with Gasteiger partial charge in [0.25, 0.3) is 5.91 Å². The molecule has 0 radical (unpaired) electrons. The standard InChI is InChI=1S/C23H22FN3O.ClH/c24-16-8-5-14(6-9-16)22-11-18(17-3-1-2-4-21(17)26-22)23(28)27-12-15-7-10-20(25)19(15)13-27;/h1-6,8-9,11,15,19-20H,7,10,12-13,25H2;1H. The Labute approximate surface area is 175 Å².